The molecule has 4 atom stereocenters. The van der Waals surface area contributed by atoms with E-state index in [-0.39, 0.29) is 12.1 Å². The van der Waals surface area contributed by atoms with Crippen LogP contribution in [0, 0.1) is 11.8 Å². The molecular formula is C9H17NO. The van der Waals surface area contributed by atoms with Crippen molar-refractivity contribution in [3.05, 3.63) is 0 Å². The minimum absolute atomic E-state index is 0.0836. The molecule has 0 radical (unpaired) electrons. The van der Waals surface area contributed by atoms with E-state index >= 15 is 0 Å². The molecular weight excluding hydrogens is 138 g/mol. The monoisotopic (exact) mass is 155 g/mol. The molecule has 2 saturated carbocycles. The molecule has 2 heteroatoms. The summed E-state index contributed by atoms with van der Waals surface area (Å²) in [6, 6.07) is 0.0836. The lowest BCUT2D eigenvalue weighted by molar-refractivity contribution is 0.155. The third-order valence-electron chi connectivity index (χ3n) is 3.45. The second kappa shape index (κ2) is 2.76. The number of aliphatic hydroxyl groups excluding tert-OH is 1. The number of hydrogen-bond donors (Lipinski definition) is 2. The van der Waals surface area contributed by atoms with E-state index in [2.05, 4.69) is 0 Å². The van der Waals surface area contributed by atoms with Gasteiger partial charge in [-0.25, -0.2) is 0 Å². The first-order chi connectivity index (χ1) is 5.29. The zero-order valence-electron chi connectivity index (χ0n) is 6.87. The topological polar surface area (TPSA) is 46.2 Å². The fourth-order valence-corrected chi connectivity index (χ4v) is 2.79. The number of fused-ring (bicyclic) bond motifs is 1. The first-order valence-electron chi connectivity index (χ1n) is 4.72. The van der Waals surface area contributed by atoms with Crippen LogP contribution in [0.2, 0.25) is 0 Å². The van der Waals surface area contributed by atoms with Crippen molar-refractivity contribution in [2.24, 2.45) is 17.6 Å². The maximum atomic E-state index is 9.50. The smallest absolute Gasteiger partial charge is 0.0696 e. The van der Waals surface area contributed by atoms with Crippen molar-refractivity contribution in [3.8, 4) is 0 Å². The zero-order valence-corrected chi connectivity index (χ0v) is 6.87. The van der Waals surface area contributed by atoms with Gasteiger partial charge in [0.15, 0.2) is 0 Å². The highest BCUT2D eigenvalue weighted by Gasteiger charge is 2.40. The molecule has 0 spiro atoms. The number of rotatable bonds is 0. The Morgan fingerprint density at radius 2 is 1.91 bits per heavy atom. The highest BCUT2D eigenvalue weighted by atomic mass is 16.3. The van der Waals surface area contributed by atoms with Crippen molar-refractivity contribution in [1.29, 1.82) is 0 Å². The van der Waals surface area contributed by atoms with E-state index in [9.17, 15) is 5.11 Å². The Morgan fingerprint density at radius 3 is 2.64 bits per heavy atom. The molecule has 0 aromatic carbocycles. The summed E-state index contributed by atoms with van der Waals surface area (Å²) in [5.74, 6) is 1.38. The SMILES string of the molecule is NC1C(O)CC2CCCCC21. The van der Waals surface area contributed by atoms with Crippen LogP contribution in [0.15, 0.2) is 0 Å². The van der Waals surface area contributed by atoms with E-state index in [4.69, 9.17) is 5.73 Å². The lowest BCUT2D eigenvalue weighted by Gasteiger charge is -2.27. The summed E-state index contributed by atoms with van der Waals surface area (Å²) in [5, 5.41) is 9.50. The molecule has 0 aliphatic heterocycles. The van der Waals surface area contributed by atoms with Crippen LogP contribution in [0.5, 0.6) is 0 Å². The van der Waals surface area contributed by atoms with Crippen LogP contribution in [0.25, 0.3) is 0 Å². The van der Waals surface area contributed by atoms with E-state index in [1.165, 1.54) is 25.7 Å². The maximum Gasteiger partial charge on any atom is 0.0696 e. The predicted octanol–water partition coefficient (Wildman–Crippen LogP) is 0.885. The molecule has 0 amide bonds. The van der Waals surface area contributed by atoms with Crippen LogP contribution < -0.4 is 5.73 Å². The van der Waals surface area contributed by atoms with Gasteiger partial charge in [0.25, 0.3) is 0 Å². The summed E-state index contributed by atoms with van der Waals surface area (Å²) in [6.45, 7) is 0. The van der Waals surface area contributed by atoms with Gasteiger partial charge in [0.05, 0.1) is 6.10 Å². The van der Waals surface area contributed by atoms with Crippen molar-refractivity contribution in [2.75, 3.05) is 0 Å². The molecule has 0 bridgehead atoms. The molecule has 2 rings (SSSR count). The number of aliphatic hydroxyl groups is 1. The Morgan fingerprint density at radius 1 is 1.18 bits per heavy atom. The summed E-state index contributed by atoms with van der Waals surface area (Å²) in [4.78, 5) is 0. The molecule has 11 heavy (non-hydrogen) atoms. The first-order valence-corrected chi connectivity index (χ1v) is 4.72. The molecule has 0 heterocycles. The maximum absolute atomic E-state index is 9.50. The summed E-state index contributed by atoms with van der Waals surface area (Å²) in [7, 11) is 0. The van der Waals surface area contributed by atoms with Crippen LogP contribution in [0.1, 0.15) is 32.1 Å². The summed E-state index contributed by atoms with van der Waals surface area (Å²) in [6.07, 6.45) is 5.98. The molecule has 3 N–H and O–H groups in total. The van der Waals surface area contributed by atoms with Crippen molar-refractivity contribution < 1.29 is 5.11 Å². The van der Waals surface area contributed by atoms with E-state index in [0.717, 1.165) is 12.3 Å². The number of hydrogen-bond acceptors (Lipinski definition) is 2. The molecule has 0 aromatic heterocycles. The van der Waals surface area contributed by atoms with E-state index < -0.39 is 0 Å². The standard InChI is InChI=1S/C9H17NO/c10-9-7-4-2-1-3-6(7)5-8(9)11/h6-9,11H,1-5,10H2. The Labute approximate surface area is 67.8 Å². The fourth-order valence-electron chi connectivity index (χ4n) is 2.79. The minimum atomic E-state index is -0.205. The molecule has 2 nitrogen and oxygen atoms in total. The summed E-state index contributed by atoms with van der Waals surface area (Å²) >= 11 is 0. The highest BCUT2D eigenvalue weighted by molar-refractivity contribution is 4.95. The van der Waals surface area contributed by atoms with Gasteiger partial charge >= 0.3 is 0 Å². The first kappa shape index (κ1) is 7.56. The summed E-state index contributed by atoms with van der Waals surface area (Å²) < 4.78 is 0. The second-order valence-electron chi connectivity index (χ2n) is 4.09. The van der Waals surface area contributed by atoms with Gasteiger partial charge < -0.3 is 10.8 Å². The van der Waals surface area contributed by atoms with Crippen LogP contribution >= 0.6 is 0 Å². The quantitative estimate of drug-likeness (QED) is 0.545. The fraction of sp³-hybridized carbons (Fsp3) is 1.00. The van der Waals surface area contributed by atoms with E-state index in [1.807, 2.05) is 0 Å². The van der Waals surface area contributed by atoms with Crippen molar-refractivity contribution in [3.63, 3.8) is 0 Å². The van der Waals surface area contributed by atoms with Crippen molar-refractivity contribution in [2.45, 2.75) is 44.2 Å². The van der Waals surface area contributed by atoms with Crippen LogP contribution in [-0.4, -0.2) is 17.3 Å². The van der Waals surface area contributed by atoms with Crippen molar-refractivity contribution >= 4 is 0 Å². The molecule has 2 fully saturated rings. The van der Waals surface area contributed by atoms with Crippen LogP contribution in [-0.2, 0) is 0 Å². The molecule has 0 saturated heterocycles. The highest BCUT2D eigenvalue weighted by Crippen LogP contribution is 2.41. The lowest BCUT2D eigenvalue weighted by Crippen LogP contribution is -2.36. The Bertz CT molecular complexity index is 148. The zero-order chi connectivity index (χ0) is 7.84. The number of nitrogens with two attached hydrogens (primary N) is 1. The molecule has 4 unspecified atom stereocenters. The molecule has 0 aromatic rings. The Hall–Kier alpha value is -0.0800. The predicted molar refractivity (Wildman–Crippen MR) is 44.0 cm³/mol. The third kappa shape index (κ3) is 1.18. The van der Waals surface area contributed by atoms with Gasteiger partial charge in [0.1, 0.15) is 0 Å². The van der Waals surface area contributed by atoms with Gasteiger partial charge in [-0.3, -0.25) is 0 Å². The molecule has 2 aliphatic carbocycles. The summed E-state index contributed by atoms with van der Waals surface area (Å²) in [5.41, 5.74) is 5.88. The molecule has 64 valence electrons. The van der Waals surface area contributed by atoms with Crippen molar-refractivity contribution in [1.82, 2.24) is 0 Å². The van der Waals surface area contributed by atoms with Crippen LogP contribution in [0.4, 0.5) is 0 Å². The average Bonchev–Trinajstić information content (AvgIpc) is 2.30. The van der Waals surface area contributed by atoms with E-state index in [1.54, 1.807) is 0 Å². The van der Waals surface area contributed by atoms with Gasteiger partial charge in [-0.05, 0) is 24.7 Å². The van der Waals surface area contributed by atoms with Gasteiger partial charge in [-0.2, -0.15) is 0 Å². The normalized spacial score (nSPS) is 50.7. The minimum Gasteiger partial charge on any atom is -0.391 e. The average molecular weight is 155 g/mol. The largest absolute Gasteiger partial charge is 0.391 e. The van der Waals surface area contributed by atoms with Gasteiger partial charge in [-0.1, -0.05) is 19.3 Å². The molecule has 2 aliphatic rings. The second-order valence-corrected chi connectivity index (χ2v) is 4.09. The third-order valence-corrected chi connectivity index (χ3v) is 3.45. The Kier molecular flexibility index (Phi) is 1.90. The van der Waals surface area contributed by atoms with Gasteiger partial charge in [-0.15, -0.1) is 0 Å². The lowest BCUT2D eigenvalue weighted by atomic mass is 9.80. The van der Waals surface area contributed by atoms with Gasteiger partial charge in [0.2, 0.25) is 0 Å². The van der Waals surface area contributed by atoms with Crippen LogP contribution in [0.3, 0.4) is 0 Å². The van der Waals surface area contributed by atoms with E-state index in [0.29, 0.717) is 5.92 Å². The Balaban J connectivity index is 2.05. The van der Waals surface area contributed by atoms with Gasteiger partial charge in [0, 0.05) is 6.04 Å².